The molecule has 30 heavy (non-hydrogen) atoms. The Labute approximate surface area is 183 Å². The van der Waals surface area contributed by atoms with Crippen LogP contribution in [-0.2, 0) is 0 Å². The Balaban J connectivity index is 1.32. The highest BCUT2D eigenvalue weighted by molar-refractivity contribution is 7.19. The summed E-state index contributed by atoms with van der Waals surface area (Å²) >= 11 is 13.7. The fourth-order valence-electron chi connectivity index (χ4n) is 2.86. The summed E-state index contributed by atoms with van der Waals surface area (Å²) in [4.78, 5) is 13.3. The number of halogens is 2. The first-order chi connectivity index (χ1) is 14.6. The quantitative estimate of drug-likeness (QED) is 0.377. The molecule has 0 spiro atoms. The van der Waals surface area contributed by atoms with E-state index in [-0.39, 0.29) is 11.7 Å². The van der Waals surface area contributed by atoms with E-state index in [2.05, 4.69) is 20.6 Å². The molecule has 3 aromatic heterocycles. The van der Waals surface area contributed by atoms with Gasteiger partial charge >= 0.3 is 0 Å². The summed E-state index contributed by atoms with van der Waals surface area (Å²) < 4.78 is 7.30. The van der Waals surface area contributed by atoms with Gasteiger partial charge in [0.25, 0.3) is 5.91 Å². The first kappa shape index (κ1) is 18.8. The van der Waals surface area contributed by atoms with E-state index in [0.29, 0.717) is 27.1 Å². The molecule has 3 heterocycles. The molecule has 0 radical (unpaired) electrons. The van der Waals surface area contributed by atoms with Crippen molar-refractivity contribution in [1.29, 1.82) is 0 Å². The van der Waals surface area contributed by atoms with Crippen LogP contribution in [0.4, 0.5) is 5.69 Å². The van der Waals surface area contributed by atoms with Gasteiger partial charge in [-0.2, -0.15) is 9.61 Å². The van der Waals surface area contributed by atoms with E-state index in [1.165, 1.54) is 11.3 Å². The molecule has 0 unspecified atom stereocenters. The van der Waals surface area contributed by atoms with Crippen molar-refractivity contribution in [1.82, 2.24) is 19.8 Å². The van der Waals surface area contributed by atoms with Gasteiger partial charge in [0.2, 0.25) is 4.96 Å². The summed E-state index contributed by atoms with van der Waals surface area (Å²) in [5.74, 6) is 0.260. The fourth-order valence-corrected chi connectivity index (χ4v) is 4.08. The SMILES string of the molecule is O=C(Nc1ccc(-c2nn3cnnc3s2)cc1)c1ccc(-c2cccc(Cl)c2Cl)o1. The maximum Gasteiger partial charge on any atom is 0.291 e. The van der Waals surface area contributed by atoms with Crippen molar-refractivity contribution >= 4 is 51.1 Å². The highest BCUT2D eigenvalue weighted by atomic mass is 35.5. The lowest BCUT2D eigenvalue weighted by molar-refractivity contribution is 0.0997. The molecule has 1 N–H and O–H groups in total. The maximum absolute atomic E-state index is 12.6. The Morgan fingerprint density at radius 1 is 1.07 bits per heavy atom. The van der Waals surface area contributed by atoms with Gasteiger partial charge in [0, 0.05) is 16.8 Å². The molecule has 0 saturated carbocycles. The summed E-state index contributed by atoms with van der Waals surface area (Å²) in [7, 11) is 0. The Morgan fingerprint density at radius 2 is 1.90 bits per heavy atom. The summed E-state index contributed by atoms with van der Waals surface area (Å²) in [6, 6.07) is 15.9. The number of rotatable bonds is 4. The van der Waals surface area contributed by atoms with Crippen LogP contribution < -0.4 is 5.32 Å². The Bertz CT molecular complexity index is 1350. The number of anilines is 1. The van der Waals surface area contributed by atoms with Crippen LogP contribution in [0.1, 0.15) is 10.6 Å². The second-order valence-electron chi connectivity index (χ2n) is 6.26. The third-order valence-electron chi connectivity index (χ3n) is 4.32. The van der Waals surface area contributed by atoms with Gasteiger partial charge in [0.05, 0.1) is 10.0 Å². The van der Waals surface area contributed by atoms with Gasteiger partial charge in [0.15, 0.2) is 5.76 Å². The molecule has 0 fully saturated rings. The van der Waals surface area contributed by atoms with Crippen molar-refractivity contribution in [2.75, 3.05) is 5.32 Å². The Hall–Kier alpha value is -3.20. The molecule has 0 aliphatic carbocycles. The van der Waals surface area contributed by atoms with E-state index in [4.69, 9.17) is 27.6 Å². The average molecular weight is 456 g/mol. The molecule has 10 heteroatoms. The van der Waals surface area contributed by atoms with E-state index >= 15 is 0 Å². The summed E-state index contributed by atoms with van der Waals surface area (Å²) in [5, 5.41) is 16.6. The summed E-state index contributed by atoms with van der Waals surface area (Å²) in [6.45, 7) is 0. The standard InChI is InChI=1S/C20H11Cl2N5O2S/c21-14-3-1-2-13(17(14)22)15-8-9-16(29-15)18(28)24-12-6-4-11(5-7-12)19-26-27-10-23-25-20(27)30-19/h1-10H,(H,24,28). The predicted octanol–water partition coefficient (Wildman–Crippen LogP) is 5.67. The van der Waals surface area contributed by atoms with Crippen LogP contribution in [0.5, 0.6) is 0 Å². The number of benzene rings is 2. The molecule has 1 amide bonds. The Morgan fingerprint density at radius 3 is 2.70 bits per heavy atom. The third kappa shape index (κ3) is 3.45. The maximum atomic E-state index is 12.6. The molecule has 5 aromatic rings. The topological polar surface area (TPSA) is 85.3 Å². The highest BCUT2D eigenvalue weighted by Crippen LogP contribution is 2.34. The van der Waals surface area contributed by atoms with Crippen molar-refractivity contribution in [3.8, 4) is 21.9 Å². The van der Waals surface area contributed by atoms with Crippen LogP contribution in [0.15, 0.2) is 65.3 Å². The number of nitrogens with zero attached hydrogens (tertiary/aromatic N) is 4. The zero-order valence-electron chi connectivity index (χ0n) is 15.0. The lowest BCUT2D eigenvalue weighted by Crippen LogP contribution is -2.10. The van der Waals surface area contributed by atoms with E-state index in [9.17, 15) is 4.79 Å². The number of fused-ring (bicyclic) bond motifs is 1. The van der Waals surface area contributed by atoms with E-state index < -0.39 is 0 Å². The minimum Gasteiger partial charge on any atom is -0.451 e. The van der Waals surface area contributed by atoms with Gasteiger partial charge in [-0.15, -0.1) is 10.2 Å². The zero-order chi connectivity index (χ0) is 20.7. The van der Waals surface area contributed by atoms with Gasteiger partial charge in [-0.05, 0) is 48.5 Å². The molecule has 5 rings (SSSR count). The first-order valence-corrected chi connectivity index (χ1v) is 10.3. The number of nitrogens with one attached hydrogen (secondary N) is 1. The van der Waals surface area contributed by atoms with Crippen LogP contribution in [0.2, 0.25) is 10.0 Å². The molecule has 7 nitrogen and oxygen atoms in total. The zero-order valence-corrected chi connectivity index (χ0v) is 17.4. The second kappa shape index (κ2) is 7.56. The summed E-state index contributed by atoms with van der Waals surface area (Å²) in [6.07, 6.45) is 1.55. The normalized spacial score (nSPS) is 11.1. The molecule has 0 aliphatic rings. The minimum absolute atomic E-state index is 0.166. The number of hydrogen-bond donors (Lipinski definition) is 1. The largest absolute Gasteiger partial charge is 0.451 e. The van der Waals surface area contributed by atoms with Crippen LogP contribution in [0, 0.1) is 0 Å². The highest BCUT2D eigenvalue weighted by Gasteiger charge is 2.15. The number of furan rings is 1. The van der Waals surface area contributed by atoms with Crippen LogP contribution in [0.25, 0.3) is 26.9 Å². The third-order valence-corrected chi connectivity index (χ3v) is 6.10. The fraction of sp³-hybridized carbons (Fsp3) is 0. The number of aromatic nitrogens is 4. The Kier molecular flexibility index (Phi) is 4.74. The molecule has 0 bridgehead atoms. The molecule has 0 atom stereocenters. The molecule has 0 aliphatic heterocycles. The smallest absolute Gasteiger partial charge is 0.291 e. The number of hydrogen-bond acceptors (Lipinski definition) is 6. The van der Waals surface area contributed by atoms with Gasteiger partial charge in [-0.25, -0.2) is 0 Å². The van der Waals surface area contributed by atoms with Gasteiger partial charge in [0.1, 0.15) is 17.1 Å². The predicted molar refractivity (Wildman–Crippen MR) is 116 cm³/mol. The van der Waals surface area contributed by atoms with Crippen LogP contribution in [-0.4, -0.2) is 25.7 Å². The van der Waals surface area contributed by atoms with Gasteiger partial charge in [-0.1, -0.05) is 40.6 Å². The molecule has 0 saturated heterocycles. The van der Waals surface area contributed by atoms with E-state index in [1.54, 1.807) is 53.3 Å². The number of carbonyl (C=O) groups is 1. The van der Waals surface area contributed by atoms with Crippen LogP contribution in [0.3, 0.4) is 0 Å². The van der Waals surface area contributed by atoms with Crippen molar-refractivity contribution in [2.45, 2.75) is 0 Å². The van der Waals surface area contributed by atoms with Crippen molar-refractivity contribution in [3.05, 3.63) is 76.7 Å². The van der Waals surface area contributed by atoms with Crippen molar-refractivity contribution in [3.63, 3.8) is 0 Å². The first-order valence-electron chi connectivity index (χ1n) is 8.71. The number of amides is 1. The van der Waals surface area contributed by atoms with Crippen molar-refractivity contribution in [2.24, 2.45) is 0 Å². The molecule has 2 aromatic carbocycles. The average Bonchev–Trinajstić information content (AvgIpc) is 3.47. The van der Waals surface area contributed by atoms with E-state index in [1.807, 2.05) is 12.1 Å². The minimum atomic E-state index is -0.369. The summed E-state index contributed by atoms with van der Waals surface area (Å²) in [5.41, 5.74) is 2.17. The molecular formula is C20H11Cl2N5O2S. The lowest BCUT2D eigenvalue weighted by atomic mass is 10.2. The molecule has 148 valence electrons. The molecular weight excluding hydrogens is 445 g/mol. The number of carbonyl (C=O) groups excluding carboxylic acids is 1. The second-order valence-corrected chi connectivity index (χ2v) is 8.00. The van der Waals surface area contributed by atoms with Crippen molar-refractivity contribution < 1.29 is 9.21 Å². The monoisotopic (exact) mass is 455 g/mol. The van der Waals surface area contributed by atoms with Crippen LogP contribution >= 0.6 is 34.5 Å². The van der Waals surface area contributed by atoms with E-state index in [0.717, 1.165) is 15.5 Å². The lowest BCUT2D eigenvalue weighted by Gasteiger charge is -2.05. The van der Waals surface area contributed by atoms with Gasteiger partial charge in [-0.3, -0.25) is 4.79 Å². The van der Waals surface area contributed by atoms with Gasteiger partial charge < -0.3 is 9.73 Å².